The van der Waals surface area contributed by atoms with E-state index in [4.69, 9.17) is 5.26 Å². The molecule has 1 saturated carbocycles. The summed E-state index contributed by atoms with van der Waals surface area (Å²) < 4.78 is 0. The molecular weight excluding hydrogens is 198 g/mol. The maximum Gasteiger partial charge on any atom is 0.129 e. The predicted molar refractivity (Wildman–Crippen MR) is 62.1 cm³/mol. The van der Waals surface area contributed by atoms with Crippen molar-refractivity contribution in [2.24, 2.45) is 0 Å². The van der Waals surface area contributed by atoms with Crippen molar-refractivity contribution in [2.75, 3.05) is 11.9 Å². The van der Waals surface area contributed by atoms with Crippen LogP contribution in [0.15, 0.2) is 23.9 Å². The number of rotatable bonds is 0. The molecule has 1 aromatic heterocycles. The van der Waals surface area contributed by atoms with Crippen molar-refractivity contribution >= 4 is 5.82 Å². The quantitative estimate of drug-likeness (QED) is 0.670. The van der Waals surface area contributed by atoms with Crippen LogP contribution >= 0.6 is 0 Å². The summed E-state index contributed by atoms with van der Waals surface area (Å²) in [6.07, 6.45) is 5.60. The molecule has 1 spiro atoms. The van der Waals surface area contributed by atoms with Crippen LogP contribution in [0.2, 0.25) is 0 Å². The molecule has 3 nitrogen and oxygen atoms in total. The van der Waals surface area contributed by atoms with E-state index in [0.717, 1.165) is 25.2 Å². The highest BCUT2D eigenvalue weighted by molar-refractivity contribution is 5.59. The molecular formula is C13H13N3. The highest BCUT2D eigenvalue weighted by Gasteiger charge is 2.47. The van der Waals surface area contributed by atoms with Gasteiger partial charge in [0.05, 0.1) is 6.07 Å². The molecule has 1 aromatic rings. The Labute approximate surface area is 94.8 Å². The number of allylic oxidation sites excluding steroid dienone is 2. The predicted octanol–water partition coefficient (Wildman–Crippen LogP) is 2.30. The third-order valence-electron chi connectivity index (χ3n) is 3.59. The first-order valence-corrected chi connectivity index (χ1v) is 5.52. The van der Waals surface area contributed by atoms with Crippen LogP contribution in [0.1, 0.15) is 24.0 Å². The average molecular weight is 211 g/mol. The van der Waals surface area contributed by atoms with Gasteiger partial charge in [-0.15, -0.1) is 0 Å². The number of aromatic nitrogens is 1. The van der Waals surface area contributed by atoms with E-state index in [2.05, 4.69) is 29.4 Å². The zero-order valence-electron chi connectivity index (χ0n) is 9.25. The molecule has 16 heavy (non-hydrogen) atoms. The van der Waals surface area contributed by atoms with Gasteiger partial charge in [0.1, 0.15) is 5.82 Å². The van der Waals surface area contributed by atoms with E-state index in [9.17, 15) is 0 Å². The molecule has 1 N–H and O–H groups in total. The number of nitrogens with one attached hydrogen (secondary N) is 1. The average Bonchev–Trinajstić information content (AvgIpc) is 2.57. The minimum atomic E-state index is 0.219. The second kappa shape index (κ2) is 3.08. The van der Waals surface area contributed by atoms with Gasteiger partial charge < -0.3 is 5.32 Å². The third kappa shape index (κ3) is 1.16. The molecule has 0 atom stereocenters. The lowest BCUT2D eigenvalue weighted by atomic mass is 9.63. The van der Waals surface area contributed by atoms with E-state index in [1.165, 1.54) is 16.7 Å². The number of hydrogen-bond donors (Lipinski definition) is 1. The summed E-state index contributed by atoms with van der Waals surface area (Å²) in [5.74, 6) is 1.03. The van der Waals surface area contributed by atoms with Crippen LogP contribution in [0, 0.1) is 18.3 Å². The smallest absolute Gasteiger partial charge is 0.129 e. The molecule has 3 heteroatoms. The Bertz CT molecular complexity index is 514. The summed E-state index contributed by atoms with van der Waals surface area (Å²) in [7, 11) is 0. The zero-order valence-corrected chi connectivity index (χ0v) is 9.25. The van der Waals surface area contributed by atoms with Crippen molar-refractivity contribution in [1.82, 2.24) is 4.98 Å². The number of nitriles is 1. The molecule has 0 saturated heterocycles. The molecule has 80 valence electrons. The lowest BCUT2D eigenvalue weighted by Gasteiger charge is -2.40. The van der Waals surface area contributed by atoms with Crippen LogP contribution in [0.4, 0.5) is 5.82 Å². The van der Waals surface area contributed by atoms with Gasteiger partial charge in [0.25, 0.3) is 0 Å². The van der Waals surface area contributed by atoms with Gasteiger partial charge in [0.2, 0.25) is 0 Å². The highest BCUT2D eigenvalue weighted by Crippen LogP contribution is 2.52. The van der Waals surface area contributed by atoms with Crippen molar-refractivity contribution in [1.29, 1.82) is 5.26 Å². The first-order chi connectivity index (χ1) is 7.73. The molecule has 0 aromatic carbocycles. The van der Waals surface area contributed by atoms with Gasteiger partial charge in [0.15, 0.2) is 0 Å². The van der Waals surface area contributed by atoms with Gasteiger partial charge in [-0.25, -0.2) is 4.98 Å². The van der Waals surface area contributed by atoms with Crippen LogP contribution in [-0.4, -0.2) is 11.5 Å². The summed E-state index contributed by atoms with van der Waals surface area (Å²) in [4.78, 5) is 4.41. The first-order valence-electron chi connectivity index (χ1n) is 5.52. The molecule has 0 radical (unpaired) electrons. The fourth-order valence-corrected chi connectivity index (χ4v) is 2.79. The normalized spacial score (nSPS) is 25.6. The van der Waals surface area contributed by atoms with Gasteiger partial charge >= 0.3 is 0 Å². The summed E-state index contributed by atoms with van der Waals surface area (Å²) in [6, 6.07) is 4.34. The Hall–Kier alpha value is -1.82. The molecule has 1 aliphatic carbocycles. The second-order valence-electron chi connectivity index (χ2n) is 4.83. The minimum absolute atomic E-state index is 0.219. The molecule has 0 bridgehead atoms. The fraction of sp³-hybridized carbons (Fsp3) is 0.385. The number of nitrogens with zero attached hydrogens (tertiary/aromatic N) is 2. The molecule has 1 aliphatic heterocycles. The Morgan fingerprint density at radius 1 is 1.56 bits per heavy atom. The van der Waals surface area contributed by atoms with Crippen LogP contribution in [0.5, 0.6) is 0 Å². The van der Waals surface area contributed by atoms with Gasteiger partial charge in [0, 0.05) is 29.8 Å². The number of hydrogen-bond acceptors (Lipinski definition) is 3. The number of anilines is 1. The Kier molecular flexibility index (Phi) is 1.81. The zero-order chi connectivity index (χ0) is 11.2. The summed E-state index contributed by atoms with van der Waals surface area (Å²) in [5.41, 5.74) is 4.03. The summed E-state index contributed by atoms with van der Waals surface area (Å²) in [6.45, 7) is 3.03. The second-order valence-corrected chi connectivity index (χ2v) is 4.83. The van der Waals surface area contributed by atoms with Crippen LogP contribution in [0.25, 0.3) is 0 Å². The molecule has 0 unspecified atom stereocenters. The SMILES string of the molecule is Cc1cnc2c(c1)C1(CN2)CC(=CC#N)C1. The van der Waals surface area contributed by atoms with E-state index in [-0.39, 0.29) is 5.41 Å². The Morgan fingerprint density at radius 3 is 3.12 bits per heavy atom. The largest absolute Gasteiger partial charge is 0.369 e. The third-order valence-corrected chi connectivity index (χ3v) is 3.59. The number of aryl methyl sites for hydroxylation is 1. The van der Waals surface area contributed by atoms with E-state index < -0.39 is 0 Å². The maximum absolute atomic E-state index is 8.62. The molecule has 2 heterocycles. The van der Waals surface area contributed by atoms with Gasteiger partial charge in [-0.3, -0.25) is 0 Å². The molecule has 1 fully saturated rings. The molecule has 2 aliphatic rings. The number of fused-ring (bicyclic) bond motifs is 2. The van der Waals surface area contributed by atoms with Crippen LogP contribution in [-0.2, 0) is 5.41 Å². The Balaban J connectivity index is 1.96. The summed E-state index contributed by atoms with van der Waals surface area (Å²) >= 11 is 0. The lowest BCUT2D eigenvalue weighted by molar-refractivity contribution is 0.366. The van der Waals surface area contributed by atoms with Crippen molar-refractivity contribution in [2.45, 2.75) is 25.2 Å². The van der Waals surface area contributed by atoms with E-state index >= 15 is 0 Å². The topological polar surface area (TPSA) is 48.7 Å². The van der Waals surface area contributed by atoms with Crippen molar-refractivity contribution in [3.63, 3.8) is 0 Å². The first kappa shape index (κ1) is 9.41. The van der Waals surface area contributed by atoms with E-state index in [1.54, 1.807) is 6.08 Å². The fourth-order valence-electron chi connectivity index (χ4n) is 2.79. The molecule has 3 rings (SSSR count). The monoisotopic (exact) mass is 211 g/mol. The van der Waals surface area contributed by atoms with Crippen molar-refractivity contribution in [3.05, 3.63) is 35.0 Å². The minimum Gasteiger partial charge on any atom is -0.369 e. The van der Waals surface area contributed by atoms with Crippen molar-refractivity contribution in [3.8, 4) is 6.07 Å². The van der Waals surface area contributed by atoms with Crippen LogP contribution < -0.4 is 5.32 Å². The Morgan fingerprint density at radius 2 is 2.38 bits per heavy atom. The highest BCUT2D eigenvalue weighted by atomic mass is 15.0. The van der Waals surface area contributed by atoms with E-state index in [0.29, 0.717) is 0 Å². The van der Waals surface area contributed by atoms with Gasteiger partial charge in [-0.05, 0) is 25.3 Å². The van der Waals surface area contributed by atoms with Gasteiger partial charge in [-0.2, -0.15) is 5.26 Å². The van der Waals surface area contributed by atoms with Crippen LogP contribution in [0.3, 0.4) is 0 Å². The summed E-state index contributed by atoms with van der Waals surface area (Å²) in [5, 5.41) is 12.0. The molecule has 0 amide bonds. The maximum atomic E-state index is 8.62. The van der Waals surface area contributed by atoms with Gasteiger partial charge in [-0.1, -0.05) is 11.6 Å². The standard InChI is InChI=1S/C13H13N3/c1-9-4-11-12(15-7-9)16-8-13(11)5-10(6-13)2-3-14/h2,4,7H,5-6,8H2,1H3,(H,15,16). The lowest BCUT2D eigenvalue weighted by Crippen LogP contribution is -2.38. The van der Waals surface area contributed by atoms with Crippen molar-refractivity contribution < 1.29 is 0 Å². The van der Waals surface area contributed by atoms with E-state index in [1.807, 2.05) is 6.20 Å². The number of pyridine rings is 1.